The van der Waals surface area contributed by atoms with Gasteiger partial charge < -0.3 is 4.90 Å². The van der Waals surface area contributed by atoms with Crippen LogP contribution in [0.1, 0.15) is 17.0 Å². The maximum atomic E-state index is 4.48. The minimum absolute atomic E-state index is 0.245. The Morgan fingerprint density at radius 3 is 2.18 bits per heavy atom. The lowest BCUT2D eigenvalue weighted by molar-refractivity contribution is 0.542. The number of benzene rings is 2. The smallest absolute Gasteiger partial charge is 0.172 e. The van der Waals surface area contributed by atoms with Gasteiger partial charge in [-0.1, -0.05) is 72.4 Å². The highest BCUT2D eigenvalue weighted by molar-refractivity contribution is 8.16. The van der Waals surface area contributed by atoms with Gasteiger partial charge in [0.2, 0.25) is 0 Å². The van der Waals surface area contributed by atoms with Crippen molar-refractivity contribution in [3.05, 3.63) is 95.2 Å². The predicted octanol–water partition coefficient (Wildman–Crippen LogP) is 4.59. The topological polar surface area (TPSA) is 15.6 Å². The van der Waals surface area contributed by atoms with E-state index in [9.17, 15) is 0 Å². The Balaban J connectivity index is 1.79. The molecule has 0 aliphatic carbocycles. The molecule has 2 heterocycles. The highest BCUT2D eigenvalue weighted by Gasteiger charge is 2.30. The van der Waals surface area contributed by atoms with Crippen molar-refractivity contribution in [1.29, 1.82) is 0 Å². The second-order valence-corrected chi connectivity index (χ2v) is 6.16. The zero-order valence-corrected chi connectivity index (χ0v) is 12.9. The van der Waals surface area contributed by atoms with E-state index in [0.717, 1.165) is 11.7 Å². The summed E-state index contributed by atoms with van der Waals surface area (Å²) in [7, 11) is 0. The van der Waals surface area contributed by atoms with Crippen LogP contribution in [0.5, 0.6) is 0 Å². The molecule has 108 valence electrons. The van der Waals surface area contributed by atoms with Crippen molar-refractivity contribution in [2.24, 2.45) is 4.99 Å². The molecule has 2 aliphatic heterocycles. The molecule has 2 aromatic carbocycles. The summed E-state index contributed by atoms with van der Waals surface area (Å²) in [5.41, 5.74) is 3.94. The molecule has 0 saturated carbocycles. The van der Waals surface area contributed by atoms with Gasteiger partial charge in [0, 0.05) is 24.4 Å². The summed E-state index contributed by atoms with van der Waals surface area (Å²) in [6.45, 7) is 0.897. The Morgan fingerprint density at radius 2 is 1.55 bits per heavy atom. The van der Waals surface area contributed by atoms with Gasteiger partial charge in [0.05, 0.1) is 0 Å². The summed E-state index contributed by atoms with van der Waals surface area (Å²) in [6.07, 6.45) is 4.01. The first-order valence-electron chi connectivity index (χ1n) is 7.40. The zero-order chi connectivity index (χ0) is 14.8. The third-order valence-corrected chi connectivity index (χ3v) is 4.86. The van der Waals surface area contributed by atoms with Crippen LogP contribution in [0.2, 0.25) is 0 Å². The van der Waals surface area contributed by atoms with E-state index in [-0.39, 0.29) is 5.92 Å². The summed E-state index contributed by atoms with van der Waals surface area (Å²) >= 11 is 1.71. The maximum absolute atomic E-state index is 4.48. The van der Waals surface area contributed by atoms with Crippen molar-refractivity contribution in [1.82, 2.24) is 4.90 Å². The van der Waals surface area contributed by atoms with Gasteiger partial charge in [-0.25, -0.2) is 4.99 Å². The van der Waals surface area contributed by atoms with E-state index >= 15 is 0 Å². The van der Waals surface area contributed by atoms with Gasteiger partial charge in [0.15, 0.2) is 5.17 Å². The average Bonchev–Trinajstić information content (AvgIpc) is 3.01. The number of aliphatic imine (C=N–C) groups is 1. The van der Waals surface area contributed by atoms with Gasteiger partial charge in [-0.05, 0) is 22.6 Å². The number of thioether (sulfide) groups is 1. The Kier molecular flexibility index (Phi) is 3.57. The van der Waals surface area contributed by atoms with E-state index < -0.39 is 0 Å². The van der Waals surface area contributed by atoms with E-state index in [1.165, 1.54) is 16.8 Å². The van der Waals surface area contributed by atoms with Crippen molar-refractivity contribution < 1.29 is 0 Å². The van der Waals surface area contributed by atoms with Gasteiger partial charge in [0.1, 0.15) is 0 Å². The van der Waals surface area contributed by atoms with Crippen LogP contribution >= 0.6 is 11.8 Å². The van der Waals surface area contributed by atoms with Crippen molar-refractivity contribution in [2.45, 2.75) is 5.92 Å². The monoisotopic (exact) mass is 304 g/mol. The lowest BCUT2D eigenvalue weighted by atomic mass is 9.88. The second kappa shape index (κ2) is 5.85. The third kappa shape index (κ3) is 2.38. The lowest BCUT2D eigenvalue weighted by Gasteiger charge is -2.29. The largest absolute Gasteiger partial charge is 0.319 e. The highest BCUT2D eigenvalue weighted by atomic mass is 32.2. The van der Waals surface area contributed by atoms with E-state index in [2.05, 4.69) is 82.0 Å². The molecule has 0 radical (unpaired) electrons. The summed E-state index contributed by atoms with van der Waals surface area (Å²) in [5, 5.41) is 3.32. The van der Waals surface area contributed by atoms with Gasteiger partial charge in [-0.15, -0.1) is 0 Å². The number of hydrogen-bond donors (Lipinski definition) is 0. The highest BCUT2D eigenvalue weighted by Crippen LogP contribution is 2.40. The number of fused-ring (bicyclic) bond motifs is 1. The minimum Gasteiger partial charge on any atom is -0.319 e. The van der Waals surface area contributed by atoms with Gasteiger partial charge in [0.25, 0.3) is 0 Å². The fourth-order valence-electron chi connectivity index (χ4n) is 2.95. The molecule has 0 saturated heterocycles. The summed E-state index contributed by atoms with van der Waals surface area (Å²) in [5.74, 6) is 0.245. The molecule has 0 atom stereocenters. The average molecular weight is 304 g/mol. The number of rotatable bonds is 3. The second-order valence-electron chi connectivity index (χ2n) is 5.32. The number of hydrogen-bond acceptors (Lipinski definition) is 3. The van der Waals surface area contributed by atoms with Crippen LogP contribution in [0.25, 0.3) is 0 Å². The predicted molar refractivity (Wildman–Crippen MR) is 93.7 cm³/mol. The van der Waals surface area contributed by atoms with Crippen molar-refractivity contribution in [2.75, 3.05) is 6.54 Å². The Labute approximate surface area is 134 Å². The summed E-state index contributed by atoms with van der Waals surface area (Å²) in [6, 6.07) is 21.4. The first kappa shape index (κ1) is 13.4. The van der Waals surface area contributed by atoms with E-state index in [4.69, 9.17) is 0 Å². The molecule has 4 rings (SSSR count). The molecule has 2 nitrogen and oxygen atoms in total. The maximum Gasteiger partial charge on any atom is 0.172 e. The molecule has 0 spiro atoms. The van der Waals surface area contributed by atoms with Crippen LogP contribution in [-0.4, -0.2) is 16.6 Å². The first-order valence-corrected chi connectivity index (χ1v) is 8.28. The van der Waals surface area contributed by atoms with Crippen LogP contribution < -0.4 is 0 Å². The Morgan fingerprint density at radius 1 is 0.909 bits per heavy atom. The fraction of sp³-hybridized carbons (Fsp3) is 0.105. The van der Waals surface area contributed by atoms with E-state index in [1.54, 1.807) is 11.8 Å². The molecule has 0 bridgehead atoms. The van der Waals surface area contributed by atoms with Crippen molar-refractivity contribution in [3.63, 3.8) is 0 Å². The SMILES string of the molecule is C1=CN=C2SC=C(C(c3ccccc3)c3ccccc3)N2C1. The zero-order valence-electron chi connectivity index (χ0n) is 12.1. The third-order valence-electron chi connectivity index (χ3n) is 3.97. The molecule has 3 heteroatoms. The molecule has 0 N–H and O–H groups in total. The molecular weight excluding hydrogens is 288 g/mol. The van der Waals surface area contributed by atoms with Crippen LogP contribution in [0.3, 0.4) is 0 Å². The van der Waals surface area contributed by atoms with E-state index in [1.807, 2.05) is 6.20 Å². The number of allylic oxidation sites excluding steroid dienone is 1. The van der Waals surface area contributed by atoms with Crippen molar-refractivity contribution in [3.8, 4) is 0 Å². The summed E-state index contributed by atoms with van der Waals surface area (Å²) < 4.78 is 0. The van der Waals surface area contributed by atoms with Crippen LogP contribution in [0.4, 0.5) is 0 Å². The van der Waals surface area contributed by atoms with Crippen LogP contribution in [0.15, 0.2) is 89.0 Å². The molecule has 2 aliphatic rings. The molecule has 0 fully saturated rings. The standard InChI is InChI=1S/C19H16N2S/c1-3-8-15(9-4-1)18(16-10-5-2-6-11-16)17-14-22-19-20-12-7-13-21(17)19/h1-12,14,18H,13H2. The molecule has 0 amide bonds. The number of amidine groups is 1. The first-order chi connectivity index (χ1) is 10.9. The molecule has 2 aromatic rings. The lowest BCUT2D eigenvalue weighted by Crippen LogP contribution is -2.29. The molecule has 22 heavy (non-hydrogen) atoms. The Bertz CT molecular complexity index is 708. The Hall–Kier alpha value is -2.26. The summed E-state index contributed by atoms with van der Waals surface area (Å²) in [4.78, 5) is 6.80. The fourth-order valence-corrected chi connectivity index (χ4v) is 3.87. The number of nitrogens with zero attached hydrogens (tertiary/aromatic N) is 2. The van der Waals surface area contributed by atoms with Crippen LogP contribution in [0, 0.1) is 0 Å². The normalized spacial score (nSPS) is 16.5. The quantitative estimate of drug-likeness (QED) is 0.824. The van der Waals surface area contributed by atoms with Gasteiger partial charge in [-0.2, -0.15) is 0 Å². The molecule has 0 unspecified atom stereocenters. The minimum atomic E-state index is 0.245. The van der Waals surface area contributed by atoms with Gasteiger partial charge in [-0.3, -0.25) is 0 Å². The van der Waals surface area contributed by atoms with E-state index in [0.29, 0.717) is 0 Å². The van der Waals surface area contributed by atoms with Crippen molar-refractivity contribution >= 4 is 16.9 Å². The molecular formula is C19H16N2S. The molecule has 0 aromatic heterocycles. The van der Waals surface area contributed by atoms with Gasteiger partial charge >= 0.3 is 0 Å². The van der Waals surface area contributed by atoms with Crippen LogP contribution in [-0.2, 0) is 0 Å².